The molecule has 0 saturated carbocycles. The Hall–Kier alpha value is -4.10. The van der Waals surface area contributed by atoms with Crippen molar-refractivity contribution >= 4 is 47.9 Å². The first-order valence-corrected chi connectivity index (χ1v) is 13.8. The van der Waals surface area contributed by atoms with E-state index in [1.165, 1.54) is 34.9 Å². The summed E-state index contributed by atoms with van der Waals surface area (Å²) in [4.78, 5) is 2.63. The molecule has 45 heavy (non-hydrogen) atoms. The number of fused-ring (bicyclic) bond motifs is 3. The third-order valence-electron chi connectivity index (χ3n) is 7.46. The van der Waals surface area contributed by atoms with Crippen LogP contribution in [0.15, 0.2) is 68.0 Å². The molecule has 0 bridgehead atoms. The van der Waals surface area contributed by atoms with Crippen molar-refractivity contribution in [3.8, 4) is 0 Å². The maximum Gasteiger partial charge on any atom is 0.416 e. The topological polar surface area (TPSA) is 50.8 Å². The van der Waals surface area contributed by atoms with Crippen LogP contribution in [0.1, 0.15) is 47.2 Å². The smallest absolute Gasteiger partial charge is 0.380 e. The number of halogens is 8. The number of alkyl halides is 5. The lowest BCUT2D eigenvalue weighted by molar-refractivity contribution is -0.137. The Kier molecular flexibility index (Phi) is 8.16. The molecule has 5 nitrogen and oxygen atoms in total. The molecule has 3 aromatic rings. The highest BCUT2D eigenvalue weighted by Gasteiger charge is 2.44. The van der Waals surface area contributed by atoms with Gasteiger partial charge in [-0.3, -0.25) is 0 Å². The minimum Gasteiger partial charge on any atom is -0.380 e. The van der Waals surface area contributed by atoms with E-state index >= 15 is 0 Å². The van der Waals surface area contributed by atoms with Crippen LogP contribution in [-0.4, -0.2) is 31.5 Å². The molecule has 0 amide bonds. The van der Waals surface area contributed by atoms with Crippen molar-refractivity contribution in [2.24, 2.45) is 0 Å². The van der Waals surface area contributed by atoms with E-state index < -0.39 is 47.9 Å². The van der Waals surface area contributed by atoms with Crippen molar-refractivity contribution < 1.29 is 35.8 Å². The largest absolute Gasteiger partial charge is 0.416 e. The predicted molar refractivity (Wildman–Crippen MR) is 162 cm³/mol. The van der Waals surface area contributed by atoms with E-state index in [0.29, 0.717) is 23.3 Å². The second-order valence-corrected chi connectivity index (χ2v) is 11.2. The predicted octanol–water partition coefficient (Wildman–Crippen LogP) is 7.97. The Morgan fingerprint density at radius 2 is 1.80 bits per heavy atom. The molecule has 3 N–H and O–H groups in total. The van der Waals surface area contributed by atoms with Gasteiger partial charge in [0, 0.05) is 57.3 Å². The van der Waals surface area contributed by atoms with Gasteiger partial charge >= 0.3 is 6.18 Å². The molecule has 0 saturated heterocycles. The minimum atomic E-state index is -4.85. The maximum atomic E-state index is 14.5. The highest BCUT2D eigenvalue weighted by atomic mass is 35.5. The van der Waals surface area contributed by atoms with Gasteiger partial charge in [-0.25, -0.2) is 17.6 Å². The summed E-state index contributed by atoms with van der Waals surface area (Å²) in [5.74, 6) is -1.72. The Morgan fingerprint density at radius 1 is 1.11 bits per heavy atom. The Labute approximate surface area is 260 Å². The van der Waals surface area contributed by atoms with E-state index in [9.17, 15) is 35.8 Å². The van der Waals surface area contributed by atoms with Crippen molar-refractivity contribution in [3.63, 3.8) is 0 Å². The molecule has 234 valence electrons. The molecule has 0 aliphatic carbocycles. The fourth-order valence-corrected chi connectivity index (χ4v) is 5.84. The van der Waals surface area contributed by atoms with Crippen molar-refractivity contribution in [2.75, 3.05) is 21.7 Å². The quantitative estimate of drug-likeness (QED) is 0.171. The SMILES string of the molecule is [B]C(C)(O)N1C(=C)N(CCC(F)F)c2cc(NC(=C)c3cc(F)cc(C(F)(F)F)c3)c3c(c21)C(=C)NC3c1cc(F)ccc1Cl. The van der Waals surface area contributed by atoms with E-state index in [-0.39, 0.29) is 57.0 Å². The minimum absolute atomic E-state index is 0.0521. The molecule has 2 unspecified atom stereocenters. The van der Waals surface area contributed by atoms with Crippen LogP contribution in [0.4, 0.5) is 47.8 Å². The van der Waals surface area contributed by atoms with E-state index in [1.807, 2.05) is 0 Å². The van der Waals surface area contributed by atoms with Crippen LogP contribution in [0, 0.1) is 11.6 Å². The monoisotopic (exact) mass is 648 g/mol. The van der Waals surface area contributed by atoms with Crippen LogP contribution in [0.5, 0.6) is 0 Å². The van der Waals surface area contributed by atoms with Crippen LogP contribution >= 0.6 is 11.6 Å². The number of nitrogens with zero attached hydrogens (tertiary/aromatic N) is 2. The number of nitrogens with one attached hydrogen (secondary N) is 2. The van der Waals surface area contributed by atoms with Crippen LogP contribution in [0.3, 0.4) is 0 Å². The summed E-state index contributed by atoms with van der Waals surface area (Å²) < 4.78 is 95.9. The van der Waals surface area contributed by atoms with E-state index in [4.69, 9.17) is 19.4 Å². The summed E-state index contributed by atoms with van der Waals surface area (Å²) in [5.41, 5.74) is -1.96. The van der Waals surface area contributed by atoms with Gasteiger partial charge in [-0.15, -0.1) is 0 Å². The molecule has 2 aliphatic heterocycles. The standard InChI is InChI=1S/C31H25BClF7N4O/c1-14(17-9-18(31(38,39)40)11-20(35)10-17)41-23-13-24-29(44(30(4,32)45)16(3)43(24)8-7-25(36)37)26-15(2)42-28(27(23)26)21-12-19(34)5-6-22(21)33/h5-6,9-13,25,28,41-42,45H,1-3,7-8H2,4H3. The number of benzene rings is 3. The molecule has 2 heterocycles. The summed E-state index contributed by atoms with van der Waals surface area (Å²) >= 11 is 6.47. The number of hydrogen-bond donors (Lipinski definition) is 3. The second-order valence-electron chi connectivity index (χ2n) is 10.8. The highest BCUT2D eigenvalue weighted by Crippen LogP contribution is 2.56. The summed E-state index contributed by atoms with van der Waals surface area (Å²) in [5, 5.41) is 17.2. The number of anilines is 3. The first-order valence-electron chi connectivity index (χ1n) is 13.4. The zero-order chi connectivity index (χ0) is 33.2. The average Bonchev–Trinajstić information content (AvgIpc) is 3.41. The molecule has 5 rings (SSSR count). The lowest BCUT2D eigenvalue weighted by Gasteiger charge is -2.35. The van der Waals surface area contributed by atoms with E-state index in [0.717, 1.165) is 12.1 Å². The van der Waals surface area contributed by atoms with E-state index in [2.05, 4.69) is 30.4 Å². The second kappa shape index (κ2) is 11.4. The number of hydrogen-bond acceptors (Lipinski definition) is 5. The Morgan fingerprint density at radius 3 is 2.42 bits per heavy atom. The molecular weight excluding hydrogens is 624 g/mol. The van der Waals surface area contributed by atoms with Gasteiger partial charge in [0.1, 0.15) is 25.3 Å². The first-order chi connectivity index (χ1) is 20.9. The molecule has 2 aliphatic rings. The molecule has 0 fully saturated rings. The fraction of sp³-hybridized carbons (Fsp3) is 0.226. The molecule has 0 spiro atoms. The molecule has 0 aromatic heterocycles. The molecule has 2 atom stereocenters. The third kappa shape index (κ3) is 5.98. The first kappa shape index (κ1) is 32.3. The van der Waals surface area contributed by atoms with Crippen LogP contribution in [0.25, 0.3) is 11.4 Å². The number of rotatable bonds is 8. The molecule has 2 radical (unpaired) electrons. The van der Waals surface area contributed by atoms with Gasteiger partial charge in [-0.05, 0) is 49.4 Å². The zero-order valence-electron chi connectivity index (χ0n) is 23.7. The highest BCUT2D eigenvalue weighted by molar-refractivity contribution is 6.31. The number of aliphatic hydroxyl groups is 1. The van der Waals surface area contributed by atoms with Gasteiger partial charge in [-0.1, -0.05) is 31.3 Å². The van der Waals surface area contributed by atoms with Crippen molar-refractivity contribution in [2.45, 2.75) is 37.6 Å². The normalized spacial score (nSPS) is 17.4. The van der Waals surface area contributed by atoms with Gasteiger partial charge in [0.25, 0.3) is 0 Å². The summed E-state index contributed by atoms with van der Waals surface area (Å²) in [7, 11) is 6.12. The molecule has 14 heteroatoms. The van der Waals surface area contributed by atoms with Gasteiger partial charge in [0.2, 0.25) is 6.43 Å². The van der Waals surface area contributed by atoms with Crippen molar-refractivity contribution in [3.05, 3.63) is 112 Å². The van der Waals surface area contributed by atoms with Gasteiger partial charge in [0.05, 0.1) is 28.6 Å². The fourth-order valence-electron chi connectivity index (χ4n) is 5.62. The van der Waals surface area contributed by atoms with Crippen LogP contribution in [-0.2, 0) is 6.18 Å². The summed E-state index contributed by atoms with van der Waals surface area (Å²) in [6.07, 6.45) is -8.12. The summed E-state index contributed by atoms with van der Waals surface area (Å²) in [6.45, 7) is 12.9. The summed E-state index contributed by atoms with van der Waals surface area (Å²) in [6, 6.07) is 6.16. The Balaban J connectivity index is 1.76. The molecular formula is C31H25BClF7N4O. The van der Waals surface area contributed by atoms with Gasteiger partial charge in [0.15, 0.2) is 0 Å². The van der Waals surface area contributed by atoms with Crippen molar-refractivity contribution in [1.82, 2.24) is 5.32 Å². The van der Waals surface area contributed by atoms with Gasteiger partial charge < -0.3 is 25.5 Å². The van der Waals surface area contributed by atoms with Crippen LogP contribution < -0.4 is 20.4 Å². The van der Waals surface area contributed by atoms with Crippen molar-refractivity contribution in [1.29, 1.82) is 0 Å². The van der Waals surface area contributed by atoms with E-state index in [1.54, 1.807) is 0 Å². The van der Waals surface area contributed by atoms with Gasteiger partial charge in [-0.2, -0.15) is 13.2 Å². The lowest BCUT2D eigenvalue weighted by Crippen LogP contribution is -2.47. The lowest BCUT2D eigenvalue weighted by atomic mass is 9.88. The maximum absolute atomic E-state index is 14.5. The Bertz CT molecular complexity index is 1740. The third-order valence-corrected chi connectivity index (χ3v) is 7.81. The average molecular weight is 649 g/mol. The van der Waals surface area contributed by atoms with Crippen LogP contribution in [0.2, 0.25) is 5.02 Å². The molecule has 3 aromatic carbocycles. The zero-order valence-corrected chi connectivity index (χ0v) is 24.4.